The molecule has 288 valence electrons. The maximum absolute atomic E-state index is 13.5. The van der Waals surface area contributed by atoms with Gasteiger partial charge in [0.05, 0.1) is 11.1 Å². The second-order valence-electron chi connectivity index (χ2n) is 13.6. The highest BCUT2D eigenvalue weighted by Crippen LogP contribution is 2.21. The molecular formula is C47H41FN2O7. The van der Waals surface area contributed by atoms with Crippen molar-refractivity contribution in [3.63, 3.8) is 0 Å². The molecule has 0 saturated carbocycles. The third-order valence-corrected chi connectivity index (χ3v) is 9.16. The van der Waals surface area contributed by atoms with Crippen molar-refractivity contribution < 1.29 is 37.8 Å². The van der Waals surface area contributed by atoms with Crippen LogP contribution in [0.5, 0.6) is 11.5 Å². The van der Waals surface area contributed by atoms with E-state index in [1.807, 2.05) is 51.1 Å². The lowest BCUT2D eigenvalue weighted by Crippen LogP contribution is -2.23. The van der Waals surface area contributed by atoms with Gasteiger partial charge in [-0.15, -0.1) is 0 Å². The van der Waals surface area contributed by atoms with Gasteiger partial charge in [0, 0.05) is 24.2 Å². The Morgan fingerprint density at radius 2 is 0.965 bits per heavy atom. The van der Waals surface area contributed by atoms with Gasteiger partial charge in [-0.05, 0) is 115 Å². The van der Waals surface area contributed by atoms with Gasteiger partial charge in [0.15, 0.2) is 0 Å². The van der Waals surface area contributed by atoms with Crippen LogP contribution in [0.2, 0.25) is 0 Å². The summed E-state index contributed by atoms with van der Waals surface area (Å²) in [7, 11) is 0. The molecule has 6 aromatic carbocycles. The van der Waals surface area contributed by atoms with Crippen LogP contribution in [0.3, 0.4) is 0 Å². The summed E-state index contributed by atoms with van der Waals surface area (Å²) in [6.07, 6.45) is 0. The topological polar surface area (TPSA) is 120 Å². The zero-order chi connectivity index (χ0) is 40.3. The highest BCUT2D eigenvalue weighted by molar-refractivity contribution is 6.02. The van der Waals surface area contributed by atoms with Crippen LogP contribution >= 0.6 is 0 Å². The molecule has 0 aliphatic heterocycles. The molecule has 0 heterocycles. The third-order valence-electron chi connectivity index (χ3n) is 9.16. The number of esters is 2. The molecule has 0 aliphatic rings. The fraction of sp³-hybridized carbons (Fsp3) is 0.149. The summed E-state index contributed by atoms with van der Waals surface area (Å²) in [6, 6.07) is 37.5. The Bertz CT molecular complexity index is 2240. The van der Waals surface area contributed by atoms with E-state index in [-0.39, 0.29) is 48.5 Å². The highest BCUT2D eigenvalue weighted by Gasteiger charge is 2.17. The molecule has 0 aliphatic carbocycles. The molecule has 2 N–H and O–H groups in total. The lowest BCUT2D eigenvalue weighted by molar-refractivity contribution is 0.0397. The number of carbonyl (C=O) groups is 4. The molecular weight excluding hydrogens is 724 g/mol. The van der Waals surface area contributed by atoms with E-state index in [0.29, 0.717) is 34.8 Å². The van der Waals surface area contributed by atoms with Gasteiger partial charge in [0.2, 0.25) is 0 Å². The standard InChI is InChI=1S/C47H41FN2O7/c1-30-6-4-7-35(22-30)28-55-40-20-10-31(2)42(24-40)44(51)49-26-33-12-16-37(17-13-33)46(53)57-47(54)38-18-14-34(15-19-38)27-50-45(52)43-25-41(21-11-32(43)3)56-29-36-8-5-9-39(48)23-36/h4-25H,26-29H2,1-3H3,(H,49,51)(H,50,52). The number of carbonyl (C=O) groups excluding carboxylic acids is 4. The SMILES string of the molecule is Cc1cccc(COc2ccc(C)c(C(=O)NCc3ccc(C(=O)OC(=O)c4ccc(CNC(=O)c5cc(OCc6cccc(F)c6)ccc5C)cc4)cc3)c2)c1. The first-order valence-corrected chi connectivity index (χ1v) is 18.3. The fourth-order valence-corrected chi connectivity index (χ4v) is 5.91. The predicted octanol–water partition coefficient (Wildman–Crippen LogP) is 8.77. The molecule has 6 rings (SSSR count). The molecule has 0 spiro atoms. The monoisotopic (exact) mass is 764 g/mol. The van der Waals surface area contributed by atoms with Crippen molar-refractivity contribution in [3.05, 3.63) is 200 Å². The zero-order valence-corrected chi connectivity index (χ0v) is 31.8. The van der Waals surface area contributed by atoms with Gasteiger partial charge >= 0.3 is 11.9 Å². The van der Waals surface area contributed by atoms with Crippen molar-refractivity contribution in [2.24, 2.45) is 0 Å². The lowest BCUT2D eigenvalue weighted by Gasteiger charge is -2.12. The van der Waals surface area contributed by atoms with E-state index in [1.54, 1.807) is 60.7 Å². The maximum atomic E-state index is 13.5. The van der Waals surface area contributed by atoms with Crippen molar-refractivity contribution in [1.29, 1.82) is 0 Å². The van der Waals surface area contributed by atoms with Gasteiger partial charge in [0.25, 0.3) is 11.8 Å². The van der Waals surface area contributed by atoms with Crippen LogP contribution in [-0.4, -0.2) is 23.8 Å². The molecule has 57 heavy (non-hydrogen) atoms. The van der Waals surface area contributed by atoms with E-state index in [2.05, 4.69) is 16.7 Å². The lowest BCUT2D eigenvalue weighted by atomic mass is 10.1. The number of halogens is 1. The van der Waals surface area contributed by atoms with E-state index in [9.17, 15) is 23.6 Å². The second kappa shape index (κ2) is 18.5. The van der Waals surface area contributed by atoms with Crippen molar-refractivity contribution >= 4 is 23.8 Å². The van der Waals surface area contributed by atoms with E-state index in [1.165, 1.54) is 36.4 Å². The minimum atomic E-state index is -0.821. The van der Waals surface area contributed by atoms with Crippen LogP contribution in [0.25, 0.3) is 0 Å². The molecule has 6 aromatic rings. The van der Waals surface area contributed by atoms with Gasteiger partial charge in [-0.2, -0.15) is 0 Å². The maximum Gasteiger partial charge on any atom is 0.346 e. The summed E-state index contributed by atoms with van der Waals surface area (Å²) >= 11 is 0. The number of aryl methyl sites for hydroxylation is 3. The van der Waals surface area contributed by atoms with Crippen molar-refractivity contribution in [3.8, 4) is 11.5 Å². The van der Waals surface area contributed by atoms with E-state index in [4.69, 9.17) is 14.2 Å². The molecule has 0 aromatic heterocycles. The van der Waals surface area contributed by atoms with E-state index < -0.39 is 11.9 Å². The van der Waals surface area contributed by atoms with Crippen LogP contribution in [-0.2, 0) is 31.0 Å². The van der Waals surface area contributed by atoms with Crippen molar-refractivity contribution in [1.82, 2.24) is 10.6 Å². The van der Waals surface area contributed by atoms with E-state index >= 15 is 0 Å². The summed E-state index contributed by atoms with van der Waals surface area (Å²) in [4.78, 5) is 51.7. The van der Waals surface area contributed by atoms with Crippen LogP contribution in [0.1, 0.15) is 80.4 Å². The number of nitrogens with one attached hydrogen (secondary N) is 2. The normalized spacial score (nSPS) is 10.7. The van der Waals surface area contributed by atoms with Crippen molar-refractivity contribution in [2.45, 2.75) is 47.1 Å². The molecule has 9 nitrogen and oxygen atoms in total. The number of hydrogen-bond acceptors (Lipinski definition) is 7. The minimum Gasteiger partial charge on any atom is -0.489 e. The Labute approximate surface area is 330 Å². The number of benzene rings is 6. The van der Waals surface area contributed by atoms with Crippen LogP contribution < -0.4 is 20.1 Å². The average Bonchev–Trinajstić information content (AvgIpc) is 3.21. The highest BCUT2D eigenvalue weighted by atomic mass is 19.1. The quantitative estimate of drug-likeness (QED) is 0.0841. The first-order chi connectivity index (χ1) is 27.5. The molecule has 10 heteroatoms. The Hall–Kier alpha value is -7.07. The zero-order valence-electron chi connectivity index (χ0n) is 31.8. The first kappa shape index (κ1) is 39.6. The fourth-order valence-electron chi connectivity index (χ4n) is 5.91. The molecule has 0 atom stereocenters. The predicted molar refractivity (Wildman–Crippen MR) is 214 cm³/mol. The third kappa shape index (κ3) is 11.0. The summed E-state index contributed by atoms with van der Waals surface area (Å²) < 4.78 is 30.3. The molecule has 0 fully saturated rings. The van der Waals surface area contributed by atoms with Crippen LogP contribution in [0.4, 0.5) is 4.39 Å². The number of amides is 2. The van der Waals surface area contributed by atoms with Crippen molar-refractivity contribution in [2.75, 3.05) is 0 Å². The largest absolute Gasteiger partial charge is 0.489 e. The van der Waals surface area contributed by atoms with Crippen LogP contribution in [0, 0.1) is 26.6 Å². The Morgan fingerprint density at radius 1 is 0.509 bits per heavy atom. The molecule has 0 saturated heterocycles. The Balaban J connectivity index is 0.956. The van der Waals surface area contributed by atoms with Crippen LogP contribution in [0.15, 0.2) is 133 Å². The summed E-state index contributed by atoms with van der Waals surface area (Å²) in [5, 5.41) is 5.78. The number of rotatable bonds is 14. The molecule has 2 amide bonds. The van der Waals surface area contributed by atoms with Gasteiger partial charge < -0.3 is 24.8 Å². The Kier molecular flexibility index (Phi) is 12.9. The van der Waals surface area contributed by atoms with Gasteiger partial charge in [-0.3, -0.25) is 9.59 Å². The summed E-state index contributed by atoms with van der Waals surface area (Å²) in [5.41, 5.74) is 7.14. The molecule has 0 bridgehead atoms. The first-order valence-electron chi connectivity index (χ1n) is 18.3. The van der Waals surface area contributed by atoms with E-state index in [0.717, 1.165) is 33.4 Å². The second-order valence-corrected chi connectivity index (χ2v) is 13.6. The summed E-state index contributed by atoms with van der Waals surface area (Å²) in [6.45, 7) is 6.63. The number of hydrogen-bond donors (Lipinski definition) is 2. The average molecular weight is 765 g/mol. The summed E-state index contributed by atoms with van der Waals surface area (Å²) in [5.74, 6) is -1.50. The van der Waals surface area contributed by atoms with Gasteiger partial charge in [-0.25, -0.2) is 14.0 Å². The number of ether oxygens (including phenoxy) is 3. The van der Waals surface area contributed by atoms with Gasteiger partial charge in [0.1, 0.15) is 30.5 Å². The molecule has 0 radical (unpaired) electrons. The smallest absolute Gasteiger partial charge is 0.346 e. The Morgan fingerprint density at radius 3 is 1.42 bits per heavy atom. The minimum absolute atomic E-state index is 0.152. The van der Waals surface area contributed by atoms with Gasteiger partial charge in [-0.1, -0.05) is 78.4 Å². The molecule has 0 unspecified atom stereocenters.